The standard InChI is InChI=1S/C24H20FN3O3/c1-30-20-10-12-21(13-11-20)31-16-24(29)26-23-15-22(17-6-3-2-4-7-17)27-28(23)19-9-5-8-18(25)14-19/h2-15H,16H2,1H3,(H,26,29). The van der Waals surface area contributed by atoms with Crippen molar-refractivity contribution in [3.63, 3.8) is 0 Å². The molecule has 0 unspecified atom stereocenters. The van der Waals surface area contributed by atoms with Crippen molar-refractivity contribution in [3.8, 4) is 28.4 Å². The van der Waals surface area contributed by atoms with Crippen LogP contribution in [-0.2, 0) is 4.79 Å². The Labute approximate surface area is 178 Å². The van der Waals surface area contributed by atoms with Crippen molar-refractivity contribution >= 4 is 11.7 Å². The molecule has 3 aromatic carbocycles. The van der Waals surface area contributed by atoms with Crippen LogP contribution < -0.4 is 14.8 Å². The number of halogens is 1. The highest BCUT2D eigenvalue weighted by Crippen LogP contribution is 2.25. The first kappa shape index (κ1) is 20.2. The summed E-state index contributed by atoms with van der Waals surface area (Å²) in [6, 6.07) is 24.2. The molecule has 156 valence electrons. The van der Waals surface area contributed by atoms with E-state index in [1.807, 2.05) is 30.3 Å². The molecular weight excluding hydrogens is 397 g/mol. The van der Waals surface area contributed by atoms with E-state index in [0.29, 0.717) is 28.7 Å². The highest BCUT2D eigenvalue weighted by Gasteiger charge is 2.14. The molecule has 0 aliphatic carbocycles. The van der Waals surface area contributed by atoms with Crippen molar-refractivity contribution in [3.05, 3.63) is 90.7 Å². The first-order valence-corrected chi connectivity index (χ1v) is 9.60. The SMILES string of the molecule is COc1ccc(OCC(=O)Nc2cc(-c3ccccc3)nn2-c2cccc(F)c2)cc1. The number of carbonyl (C=O) groups is 1. The summed E-state index contributed by atoms with van der Waals surface area (Å²) in [7, 11) is 1.58. The van der Waals surface area contributed by atoms with Crippen LogP contribution in [0.1, 0.15) is 0 Å². The Hall–Kier alpha value is -4.13. The van der Waals surface area contributed by atoms with Crippen molar-refractivity contribution in [2.24, 2.45) is 0 Å². The molecule has 1 amide bonds. The molecule has 0 aliphatic heterocycles. The van der Waals surface area contributed by atoms with Crippen LogP contribution in [0, 0.1) is 5.82 Å². The number of hydrogen-bond donors (Lipinski definition) is 1. The summed E-state index contributed by atoms with van der Waals surface area (Å²) in [5.74, 6) is 0.888. The van der Waals surface area contributed by atoms with Gasteiger partial charge in [-0.15, -0.1) is 0 Å². The van der Waals surface area contributed by atoms with E-state index in [2.05, 4.69) is 10.4 Å². The molecule has 1 N–H and O–H groups in total. The fourth-order valence-electron chi connectivity index (χ4n) is 3.02. The predicted molar refractivity (Wildman–Crippen MR) is 116 cm³/mol. The molecule has 0 spiro atoms. The first-order chi connectivity index (χ1) is 15.1. The minimum Gasteiger partial charge on any atom is -0.497 e. The molecule has 0 atom stereocenters. The van der Waals surface area contributed by atoms with Crippen LogP contribution in [0.25, 0.3) is 16.9 Å². The molecule has 0 saturated carbocycles. The Morgan fingerprint density at radius 1 is 0.968 bits per heavy atom. The summed E-state index contributed by atoms with van der Waals surface area (Å²) >= 11 is 0. The number of nitrogens with one attached hydrogen (secondary N) is 1. The maximum absolute atomic E-state index is 13.8. The van der Waals surface area contributed by atoms with Crippen LogP contribution in [0.15, 0.2) is 84.9 Å². The monoisotopic (exact) mass is 417 g/mol. The van der Waals surface area contributed by atoms with E-state index in [-0.39, 0.29) is 12.5 Å². The summed E-state index contributed by atoms with van der Waals surface area (Å²) in [6.07, 6.45) is 0. The van der Waals surface area contributed by atoms with Gasteiger partial charge >= 0.3 is 0 Å². The fourth-order valence-corrected chi connectivity index (χ4v) is 3.02. The van der Waals surface area contributed by atoms with E-state index < -0.39 is 5.82 Å². The van der Waals surface area contributed by atoms with E-state index >= 15 is 0 Å². The molecule has 0 fully saturated rings. The molecule has 4 aromatic rings. The number of anilines is 1. The van der Waals surface area contributed by atoms with Gasteiger partial charge in [0.15, 0.2) is 6.61 Å². The number of rotatable bonds is 7. The van der Waals surface area contributed by atoms with Gasteiger partial charge in [0, 0.05) is 11.6 Å². The minimum atomic E-state index is -0.394. The summed E-state index contributed by atoms with van der Waals surface area (Å²) in [6.45, 7) is -0.193. The van der Waals surface area contributed by atoms with Gasteiger partial charge in [0.2, 0.25) is 0 Å². The van der Waals surface area contributed by atoms with E-state index in [0.717, 1.165) is 5.56 Å². The van der Waals surface area contributed by atoms with Gasteiger partial charge < -0.3 is 14.8 Å². The lowest BCUT2D eigenvalue weighted by Gasteiger charge is -2.10. The number of amides is 1. The van der Waals surface area contributed by atoms with Gasteiger partial charge in [-0.3, -0.25) is 4.79 Å². The van der Waals surface area contributed by atoms with E-state index in [1.165, 1.54) is 16.8 Å². The number of benzene rings is 3. The second kappa shape index (κ2) is 9.13. The van der Waals surface area contributed by atoms with Gasteiger partial charge in [0.25, 0.3) is 5.91 Å². The Morgan fingerprint density at radius 2 is 1.71 bits per heavy atom. The highest BCUT2D eigenvalue weighted by atomic mass is 19.1. The quantitative estimate of drug-likeness (QED) is 0.473. The summed E-state index contributed by atoms with van der Waals surface area (Å²) < 4.78 is 25.9. The lowest BCUT2D eigenvalue weighted by atomic mass is 10.2. The van der Waals surface area contributed by atoms with Gasteiger partial charge in [-0.1, -0.05) is 36.4 Å². The second-order valence-electron chi connectivity index (χ2n) is 6.68. The van der Waals surface area contributed by atoms with Gasteiger partial charge in [-0.2, -0.15) is 5.10 Å². The van der Waals surface area contributed by atoms with E-state index in [9.17, 15) is 9.18 Å². The Bertz CT molecular complexity index is 1170. The number of nitrogens with zero attached hydrogens (tertiary/aromatic N) is 2. The number of carbonyl (C=O) groups excluding carboxylic acids is 1. The Morgan fingerprint density at radius 3 is 2.42 bits per heavy atom. The first-order valence-electron chi connectivity index (χ1n) is 9.60. The zero-order chi connectivity index (χ0) is 21.6. The maximum atomic E-state index is 13.8. The van der Waals surface area contributed by atoms with Crippen LogP contribution >= 0.6 is 0 Å². The van der Waals surface area contributed by atoms with Crippen molar-refractivity contribution in [2.45, 2.75) is 0 Å². The molecule has 0 bridgehead atoms. The topological polar surface area (TPSA) is 65.4 Å². The number of aromatic nitrogens is 2. The maximum Gasteiger partial charge on any atom is 0.263 e. The molecule has 0 aliphatic rings. The second-order valence-corrected chi connectivity index (χ2v) is 6.68. The van der Waals surface area contributed by atoms with Crippen LogP contribution in [0.2, 0.25) is 0 Å². The normalized spacial score (nSPS) is 10.5. The number of ether oxygens (including phenoxy) is 2. The molecule has 31 heavy (non-hydrogen) atoms. The highest BCUT2D eigenvalue weighted by molar-refractivity contribution is 5.92. The molecule has 0 saturated heterocycles. The summed E-state index contributed by atoms with van der Waals surface area (Å²) in [5, 5.41) is 7.36. The zero-order valence-corrected chi connectivity index (χ0v) is 16.8. The van der Waals surface area contributed by atoms with Gasteiger partial charge in [-0.05, 0) is 42.5 Å². The van der Waals surface area contributed by atoms with Gasteiger partial charge in [0.05, 0.1) is 18.5 Å². The summed E-state index contributed by atoms with van der Waals surface area (Å²) in [4.78, 5) is 12.5. The lowest BCUT2D eigenvalue weighted by molar-refractivity contribution is -0.118. The van der Waals surface area contributed by atoms with Gasteiger partial charge in [0.1, 0.15) is 23.1 Å². The Balaban J connectivity index is 1.55. The molecule has 7 heteroatoms. The third kappa shape index (κ3) is 4.90. The molecule has 6 nitrogen and oxygen atoms in total. The third-order valence-corrected chi connectivity index (χ3v) is 4.53. The third-order valence-electron chi connectivity index (χ3n) is 4.53. The number of methoxy groups -OCH3 is 1. The van der Waals surface area contributed by atoms with Crippen molar-refractivity contribution < 1.29 is 18.7 Å². The lowest BCUT2D eigenvalue weighted by Crippen LogP contribution is -2.21. The molecule has 1 heterocycles. The Kier molecular flexibility index (Phi) is 5.93. The van der Waals surface area contributed by atoms with Crippen LogP contribution in [-0.4, -0.2) is 29.4 Å². The van der Waals surface area contributed by atoms with Crippen LogP contribution in [0.4, 0.5) is 10.2 Å². The van der Waals surface area contributed by atoms with Crippen molar-refractivity contribution in [2.75, 3.05) is 19.0 Å². The number of hydrogen-bond acceptors (Lipinski definition) is 4. The fraction of sp³-hybridized carbons (Fsp3) is 0.0833. The van der Waals surface area contributed by atoms with Crippen molar-refractivity contribution in [1.29, 1.82) is 0 Å². The van der Waals surface area contributed by atoms with Gasteiger partial charge in [-0.25, -0.2) is 9.07 Å². The minimum absolute atomic E-state index is 0.193. The predicted octanol–water partition coefficient (Wildman–Crippen LogP) is 4.70. The van der Waals surface area contributed by atoms with Crippen LogP contribution in [0.5, 0.6) is 11.5 Å². The summed E-state index contributed by atoms with van der Waals surface area (Å²) in [5.41, 5.74) is 2.02. The van der Waals surface area contributed by atoms with E-state index in [1.54, 1.807) is 49.6 Å². The van der Waals surface area contributed by atoms with E-state index in [4.69, 9.17) is 9.47 Å². The smallest absolute Gasteiger partial charge is 0.263 e. The average Bonchev–Trinajstić information content (AvgIpc) is 3.22. The molecule has 4 rings (SSSR count). The van der Waals surface area contributed by atoms with Crippen molar-refractivity contribution in [1.82, 2.24) is 9.78 Å². The molecule has 1 aromatic heterocycles. The largest absolute Gasteiger partial charge is 0.497 e. The zero-order valence-electron chi connectivity index (χ0n) is 16.8. The molecular formula is C24H20FN3O3. The van der Waals surface area contributed by atoms with Crippen LogP contribution in [0.3, 0.4) is 0 Å². The average molecular weight is 417 g/mol. The molecule has 0 radical (unpaired) electrons.